The molecule has 0 heterocycles. The van der Waals surface area contributed by atoms with Crippen molar-refractivity contribution in [3.05, 3.63) is 29.3 Å². The molecule has 1 rings (SSSR count). The molecule has 5 nitrogen and oxygen atoms in total. The second-order valence-electron chi connectivity index (χ2n) is 5.63. The van der Waals surface area contributed by atoms with Crippen molar-refractivity contribution in [2.45, 2.75) is 30.8 Å². The Morgan fingerprint density at radius 1 is 1.29 bits per heavy atom. The Morgan fingerprint density at radius 3 is 2.33 bits per heavy atom. The van der Waals surface area contributed by atoms with Crippen LogP contribution in [0.25, 0.3) is 0 Å². The first-order valence-electron chi connectivity index (χ1n) is 6.36. The van der Waals surface area contributed by atoms with Crippen LogP contribution >= 0.6 is 0 Å². The van der Waals surface area contributed by atoms with Gasteiger partial charge in [0.15, 0.2) is 11.6 Å². The molecule has 0 spiro atoms. The summed E-state index contributed by atoms with van der Waals surface area (Å²) in [6.07, 6.45) is 0. The van der Waals surface area contributed by atoms with E-state index in [1.165, 1.54) is 0 Å². The molecule has 0 aliphatic rings. The number of hydrogen-bond donors (Lipinski definition) is 2. The maximum atomic E-state index is 13.7. The highest BCUT2D eigenvalue weighted by atomic mass is 32.2. The van der Waals surface area contributed by atoms with Crippen molar-refractivity contribution in [3.8, 4) is 0 Å². The molecule has 120 valence electrons. The van der Waals surface area contributed by atoms with E-state index in [0.29, 0.717) is 0 Å². The first-order chi connectivity index (χ1) is 9.51. The van der Waals surface area contributed by atoms with Gasteiger partial charge in [0.25, 0.3) is 0 Å². The zero-order chi connectivity index (χ0) is 16.4. The molecule has 0 unspecified atom stereocenters. The largest absolute Gasteiger partial charge is 0.326 e. The Morgan fingerprint density at radius 2 is 1.86 bits per heavy atom. The second-order valence-corrected chi connectivity index (χ2v) is 7.36. The fraction of sp³-hybridized carbons (Fsp3) is 0.538. The standard InChI is InChI=1S/C13H21F2N3O2S/c1-13(2,18(3)4)8-17-21(19,20)11-6-9(7-16)5-10(14)12(11)15/h5-6,17H,7-8,16H2,1-4H3. The Kier molecular flexibility index (Phi) is 5.43. The lowest BCUT2D eigenvalue weighted by molar-refractivity contribution is 0.198. The Balaban J connectivity index is 3.12. The summed E-state index contributed by atoms with van der Waals surface area (Å²) in [5.41, 5.74) is 5.08. The van der Waals surface area contributed by atoms with Gasteiger partial charge in [0.1, 0.15) is 4.90 Å². The molecule has 0 atom stereocenters. The van der Waals surface area contributed by atoms with E-state index in [0.717, 1.165) is 12.1 Å². The maximum absolute atomic E-state index is 13.7. The van der Waals surface area contributed by atoms with Crippen LogP contribution in [-0.2, 0) is 16.6 Å². The average molecular weight is 321 g/mol. The normalized spacial score (nSPS) is 13.0. The van der Waals surface area contributed by atoms with Crippen LogP contribution < -0.4 is 10.5 Å². The van der Waals surface area contributed by atoms with Crippen molar-refractivity contribution >= 4 is 10.0 Å². The fourth-order valence-electron chi connectivity index (χ4n) is 1.44. The van der Waals surface area contributed by atoms with Crippen molar-refractivity contribution in [1.82, 2.24) is 9.62 Å². The van der Waals surface area contributed by atoms with Crippen LogP contribution in [0.4, 0.5) is 8.78 Å². The van der Waals surface area contributed by atoms with Gasteiger partial charge in [0.2, 0.25) is 10.0 Å². The smallest absolute Gasteiger partial charge is 0.243 e. The Labute approximate surface area is 124 Å². The zero-order valence-electron chi connectivity index (χ0n) is 12.6. The van der Waals surface area contributed by atoms with Crippen LogP contribution in [0.1, 0.15) is 19.4 Å². The minimum Gasteiger partial charge on any atom is -0.326 e. The molecule has 8 heteroatoms. The quantitative estimate of drug-likeness (QED) is 0.821. The SMILES string of the molecule is CN(C)C(C)(C)CNS(=O)(=O)c1cc(CN)cc(F)c1F. The van der Waals surface area contributed by atoms with Crippen molar-refractivity contribution in [2.24, 2.45) is 5.73 Å². The number of benzene rings is 1. The summed E-state index contributed by atoms with van der Waals surface area (Å²) >= 11 is 0. The second kappa shape index (κ2) is 6.35. The highest BCUT2D eigenvalue weighted by molar-refractivity contribution is 7.89. The van der Waals surface area contributed by atoms with E-state index in [9.17, 15) is 17.2 Å². The lowest BCUT2D eigenvalue weighted by atomic mass is 10.1. The summed E-state index contributed by atoms with van der Waals surface area (Å²) in [6, 6.07) is 1.93. The number of halogens is 2. The molecular formula is C13H21F2N3O2S. The predicted molar refractivity (Wildman–Crippen MR) is 77.2 cm³/mol. The number of nitrogens with one attached hydrogen (secondary N) is 1. The average Bonchev–Trinajstić information content (AvgIpc) is 2.39. The molecule has 0 aliphatic heterocycles. The van der Waals surface area contributed by atoms with Gasteiger partial charge >= 0.3 is 0 Å². The molecule has 1 aromatic carbocycles. The molecule has 0 amide bonds. The van der Waals surface area contributed by atoms with E-state index in [2.05, 4.69) is 4.72 Å². The maximum Gasteiger partial charge on any atom is 0.243 e. The third-order valence-corrected chi connectivity index (χ3v) is 4.89. The molecule has 0 fully saturated rings. The molecule has 21 heavy (non-hydrogen) atoms. The third kappa shape index (κ3) is 4.19. The van der Waals surface area contributed by atoms with Gasteiger partial charge in [-0.15, -0.1) is 0 Å². The number of likely N-dealkylation sites (N-methyl/N-ethyl adjacent to an activating group) is 1. The summed E-state index contributed by atoms with van der Waals surface area (Å²) in [4.78, 5) is 1.10. The van der Waals surface area contributed by atoms with Crippen LogP contribution in [0.3, 0.4) is 0 Å². The molecule has 0 radical (unpaired) electrons. The first kappa shape index (κ1) is 18.0. The fourth-order valence-corrected chi connectivity index (χ4v) is 2.78. The molecule has 0 aliphatic carbocycles. The summed E-state index contributed by atoms with van der Waals surface area (Å²) in [6.45, 7) is 3.62. The third-order valence-electron chi connectivity index (χ3n) is 3.49. The van der Waals surface area contributed by atoms with Gasteiger partial charge in [-0.25, -0.2) is 21.9 Å². The highest BCUT2D eigenvalue weighted by Gasteiger charge is 2.27. The molecular weight excluding hydrogens is 300 g/mol. The van der Waals surface area contributed by atoms with Gasteiger partial charge < -0.3 is 10.6 Å². The highest BCUT2D eigenvalue weighted by Crippen LogP contribution is 2.20. The number of hydrogen-bond acceptors (Lipinski definition) is 4. The van der Waals surface area contributed by atoms with Crippen LogP contribution in [0, 0.1) is 11.6 Å². The van der Waals surface area contributed by atoms with E-state index < -0.39 is 32.1 Å². The van der Waals surface area contributed by atoms with Crippen LogP contribution in [0.15, 0.2) is 17.0 Å². The van der Waals surface area contributed by atoms with E-state index in [-0.39, 0.29) is 18.7 Å². The topological polar surface area (TPSA) is 75.4 Å². The summed E-state index contributed by atoms with van der Waals surface area (Å²) in [5.74, 6) is -2.63. The monoisotopic (exact) mass is 321 g/mol. The van der Waals surface area contributed by atoms with E-state index >= 15 is 0 Å². The van der Waals surface area contributed by atoms with Crippen LogP contribution in [-0.4, -0.2) is 39.5 Å². The number of sulfonamides is 1. The molecule has 0 saturated carbocycles. The van der Waals surface area contributed by atoms with Gasteiger partial charge in [-0.3, -0.25) is 0 Å². The van der Waals surface area contributed by atoms with Crippen molar-refractivity contribution < 1.29 is 17.2 Å². The van der Waals surface area contributed by atoms with E-state index in [4.69, 9.17) is 5.73 Å². The van der Waals surface area contributed by atoms with E-state index in [1.807, 2.05) is 18.7 Å². The minimum absolute atomic E-state index is 0.0518. The van der Waals surface area contributed by atoms with E-state index in [1.54, 1.807) is 14.1 Å². The summed E-state index contributed by atoms with van der Waals surface area (Å²) in [5, 5.41) is 0. The summed E-state index contributed by atoms with van der Waals surface area (Å²) < 4.78 is 53.8. The number of rotatable bonds is 6. The van der Waals surface area contributed by atoms with Crippen molar-refractivity contribution in [1.29, 1.82) is 0 Å². The van der Waals surface area contributed by atoms with Gasteiger partial charge in [0.05, 0.1) is 0 Å². The first-order valence-corrected chi connectivity index (χ1v) is 7.84. The van der Waals surface area contributed by atoms with Gasteiger partial charge in [-0.1, -0.05) is 0 Å². The molecule has 0 saturated heterocycles. The lowest BCUT2D eigenvalue weighted by Gasteiger charge is -2.32. The van der Waals surface area contributed by atoms with Crippen LogP contribution in [0.5, 0.6) is 0 Å². The zero-order valence-corrected chi connectivity index (χ0v) is 13.4. The lowest BCUT2D eigenvalue weighted by Crippen LogP contribution is -2.48. The summed E-state index contributed by atoms with van der Waals surface area (Å²) in [7, 11) is -0.570. The van der Waals surface area contributed by atoms with Crippen molar-refractivity contribution in [3.63, 3.8) is 0 Å². The molecule has 3 N–H and O–H groups in total. The number of nitrogens with zero attached hydrogens (tertiary/aromatic N) is 1. The predicted octanol–water partition coefficient (Wildman–Crippen LogP) is 1.04. The molecule has 0 aromatic heterocycles. The van der Waals surface area contributed by atoms with Crippen molar-refractivity contribution in [2.75, 3.05) is 20.6 Å². The Bertz CT molecular complexity index is 616. The number of nitrogens with two attached hydrogens (primary N) is 1. The Hall–Kier alpha value is -1.09. The minimum atomic E-state index is -4.16. The molecule has 1 aromatic rings. The molecule has 0 bridgehead atoms. The van der Waals surface area contributed by atoms with Gasteiger partial charge in [-0.2, -0.15) is 0 Å². The van der Waals surface area contributed by atoms with Crippen LogP contribution in [0.2, 0.25) is 0 Å². The van der Waals surface area contributed by atoms with Gasteiger partial charge in [-0.05, 0) is 45.6 Å². The van der Waals surface area contributed by atoms with Gasteiger partial charge in [0, 0.05) is 18.6 Å².